The van der Waals surface area contributed by atoms with Gasteiger partial charge in [-0.2, -0.15) is 5.26 Å². The van der Waals surface area contributed by atoms with Crippen molar-refractivity contribution in [1.29, 1.82) is 5.26 Å². The van der Waals surface area contributed by atoms with Crippen LogP contribution in [0.15, 0.2) is 33.6 Å². The minimum absolute atomic E-state index is 0.0121. The zero-order chi connectivity index (χ0) is 20.6. The fourth-order valence-corrected chi connectivity index (χ4v) is 5.24. The summed E-state index contributed by atoms with van der Waals surface area (Å²) in [6.45, 7) is 1.05. The minimum atomic E-state index is -4.77. The number of carbonyl (C=O) groups is 1. The van der Waals surface area contributed by atoms with E-state index in [0.717, 1.165) is 22.9 Å². The van der Waals surface area contributed by atoms with Crippen LogP contribution in [0.1, 0.15) is 24.8 Å². The van der Waals surface area contributed by atoms with Crippen LogP contribution in [0.5, 0.6) is 5.75 Å². The molecule has 1 N–H and O–H groups in total. The average Bonchev–Trinajstić information content (AvgIpc) is 2.66. The van der Waals surface area contributed by atoms with Gasteiger partial charge in [-0.3, -0.25) is 9.80 Å². The fourth-order valence-electron chi connectivity index (χ4n) is 4.10. The summed E-state index contributed by atoms with van der Waals surface area (Å²) < 4.78 is 47.1. The van der Waals surface area contributed by atoms with Gasteiger partial charge in [-0.15, -0.1) is 13.2 Å². The third-order valence-corrected chi connectivity index (χ3v) is 6.63. The first kappa shape index (κ1) is 20.1. The SMILES string of the molecule is N#CCNN1C(=O)C2=C(Cc3ccc(OC(F)(F)F)cc3S2)CC12CCOCC2. The van der Waals surface area contributed by atoms with Gasteiger partial charge >= 0.3 is 6.36 Å². The minimum Gasteiger partial charge on any atom is -0.406 e. The van der Waals surface area contributed by atoms with Crippen molar-refractivity contribution in [3.05, 3.63) is 34.2 Å². The molecule has 0 unspecified atom stereocenters. The third-order valence-electron chi connectivity index (χ3n) is 5.36. The Morgan fingerprint density at radius 3 is 2.79 bits per heavy atom. The van der Waals surface area contributed by atoms with Gasteiger partial charge in [0.2, 0.25) is 0 Å². The molecule has 10 heteroatoms. The van der Waals surface area contributed by atoms with Crippen LogP contribution in [-0.4, -0.2) is 42.6 Å². The summed E-state index contributed by atoms with van der Waals surface area (Å²) in [6.07, 6.45) is -2.31. The number of carbonyl (C=O) groups excluding carboxylic acids is 1. The summed E-state index contributed by atoms with van der Waals surface area (Å²) in [5, 5.41) is 10.5. The number of hydrogen-bond donors (Lipinski definition) is 1. The largest absolute Gasteiger partial charge is 0.573 e. The molecule has 1 fully saturated rings. The summed E-state index contributed by atoms with van der Waals surface area (Å²) in [4.78, 5) is 14.4. The van der Waals surface area contributed by atoms with Crippen LogP contribution in [0.2, 0.25) is 0 Å². The molecule has 0 bridgehead atoms. The summed E-state index contributed by atoms with van der Waals surface area (Å²) in [6, 6.07) is 6.23. The van der Waals surface area contributed by atoms with Crippen molar-refractivity contribution in [3.63, 3.8) is 0 Å². The van der Waals surface area contributed by atoms with Crippen molar-refractivity contribution in [2.45, 2.75) is 42.5 Å². The first-order valence-electron chi connectivity index (χ1n) is 9.13. The number of amides is 1. The molecule has 3 heterocycles. The van der Waals surface area contributed by atoms with E-state index < -0.39 is 11.9 Å². The van der Waals surface area contributed by atoms with Crippen molar-refractivity contribution in [2.75, 3.05) is 19.8 Å². The summed E-state index contributed by atoms with van der Waals surface area (Å²) >= 11 is 1.16. The van der Waals surface area contributed by atoms with Crippen LogP contribution in [-0.2, 0) is 16.0 Å². The molecule has 0 saturated carbocycles. The summed E-state index contributed by atoms with van der Waals surface area (Å²) in [5.41, 5.74) is 4.32. The monoisotopic (exact) mass is 425 g/mol. The predicted molar refractivity (Wildman–Crippen MR) is 97.6 cm³/mol. The normalized spacial score (nSPS) is 20.9. The number of halogens is 3. The van der Waals surface area contributed by atoms with Gasteiger partial charge in [0, 0.05) is 18.1 Å². The lowest BCUT2D eigenvalue weighted by molar-refractivity contribution is -0.274. The topological polar surface area (TPSA) is 74.6 Å². The number of ether oxygens (including phenoxy) is 2. The Hall–Kier alpha value is -2.22. The van der Waals surface area contributed by atoms with Crippen LogP contribution in [0.25, 0.3) is 0 Å². The van der Waals surface area contributed by atoms with Crippen molar-refractivity contribution < 1.29 is 27.4 Å². The molecular weight excluding hydrogens is 407 g/mol. The molecule has 3 aliphatic rings. The van der Waals surface area contributed by atoms with E-state index in [4.69, 9.17) is 10.00 Å². The molecule has 4 rings (SSSR count). The number of nitrogens with one attached hydrogen (secondary N) is 1. The third kappa shape index (κ3) is 3.95. The summed E-state index contributed by atoms with van der Waals surface area (Å²) in [5.74, 6) is -0.558. The molecule has 3 aliphatic heterocycles. The number of hydrazine groups is 1. The Morgan fingerprint density at radius 2 is 2.10 bits per heavy atom. The van der Waals surface area contributed by atoms with Gasteiger partial charge in [-0.25, -0.2) is 5.43 Å². The first-order valence-corrected chi connectivity index (χ1v) is 9.94. The van der Waals surface area contributed by atoms with Crippen molar-refractivity contribution in [1.82, 2.24) is 10.4 Å². The van der Waals surface area contributed by atoms with Crippen LogP contribution in [0.3, 0.4) is 0 Å². The molecule has 1 amide bonds. The molecule has 1 aromatic rings. The van der Waals surface area contributed by atoms with Gasteiger partial charge in [-0.1, -0.05) is 17.8 Å². The lowest BCUT2D eigenvalue weighted by Gasteiger charge is -2.50. The van der Waals surface area contributed by atoms with Gasteiger partial charge in [0.25, 0.3) is 5.91 Å². The zero-order valence-corrected chi connectivity index (χ0v) is 16.2. The second kappa shape index (κ2) is 7.55. The van der Waals surface area contributed by atoms with Gasteiger partial charge < -0.3 is 9.47 Å². The molecule has 6 nitrogen and oxygen atoms in total. The number of benzene rings is 1. The Morgan fingerprint density at radius 1 is 1.34 bits per heavy atom. The molecule has 1 saturated heterocycles. The zero-order valence-electron chi connectivity index (χ0n) is 15.3. The van der Waals surface area contributed by atoms with E-state index in [9.17, 15) is 18.0 Å². The Balaban J connectivity index is 1.65. The van der Waals surface area contributed by atoms with Gasteiger partial charge in [0.05, 0.1) is 16.5 Å². The predicted octanol–water partition coefficient (Wildman–Crippen LogP) is 3.30. The molecule has 1 spiro atoms. The highest BCUT2D eigenvalue weighted by Crippen LogP contribution is 2.49. The second-order valence-corrected chi connectivity index (χ2v) is 8.23. The van der Waals surface area contributed by atoms with E-state index >= 15 is 0 Å². The van der Waals surface area contributed by atoms with E-state index in [-0.39, 0.29) is 18.2 Å². The van der Waals surface area contributed by atoms with Crippen LogP contribution < -0.4 is 10.2 Å². The fraction of sp³-hybridized carbons (Fsp3) is 0.474. The Labute approximate surface area is 169 Å². The van der Waals surface area contributed by atoms with Crippen LogP contribution in [0, 0.1) is 11.3 Å². The lowest BCUT2D eigenvalue weighted by atomic mass is 9.78. The number of thioether (sulfide) groups is 1. The number of hydrogen-bond acceptors (Lipinski definition) is 6. The van der Waals surface area contributed by atoms with Crippen molar-refractivity contribution in [2.24, 2.45) is 0 Å². The molecule has 0 aliphatic carbocycles. The van der Waals surface area contributed by atoms with Crippen LogP contribution >= 0.6 is 11.8 Å². The van der Waals surface area contributed by atoms with E-state index in [1.807, 2.05) is 6.07 Å². The number of nitriles is 1. The lowest BCUT2D eigenvalue weighted by Crippen LogP contribution is -2.63. The molecule has 0 radical (unpaired) electrons. The van der Waals surface area contributed by atoms with Crippen LogP contribution in [0.4, 0.5) is 13.2 Å². The number of rotatable bonds is 3. The maximum absolute atomic E-state index is 13.3. The van der Waals surface area contributed by atoms with Gasteiger partial charge in [-0.05, 0) is 49.0 Å². The molecule has 1 aromatic carbocycles. The highest BCUT2D eigenvalue weighted by molar-refractivity contribution is 8.04. The quantitative estimate of drug-likeness (QED) is 0.750. The van der Waals surface area contributed by atoms with E-state index in [1.54, 1.807) is 11.1 Å². The number of alkyl halides is 3. The Bertz CT molecular complexity index is 904. The average molecular weight is 425 g/mol. The second-order valence-electron chi connectivity index (χ2n) is 7.18. The standard InChI is InChI=1S/C19H18F3N3O3S/c20-19(21,22)28-14-2-1-12-9-13-11-18(3-7-27-8-4-18)25(24-6-5-23)17(26)16(13)29-15(12)10-14/h1-2,10,24H,3-4,6-9,11H2. The molecule has 154 valence electrons. The first-order chi connectivity index (χ1) is 13.8. The number of fused-ring (bicyclic) bond motifs is 1. The van der Waals surface area contributed by atoms with Gasteiger partial charge in [0.1, 0.15) is 12.3 Å². The van der Waals surface area contributed by atoms with Gasteiger partial charge in [0.15, 0.2) is 0 Å². The maximum Gasteiger partial charge on any atom is 0.573 e. The van der Waals surface area contributed by atoms with E-state index in [1.165, 1.54) is 12.1 Å². The summed E-state index contributed by atoms with van der Waals surface area (Å²) in [7, 11) is 0. The highest BCUT2D eigenvalue weighted by Gasteiger charge is 2.48. The maximum atomic E-state index is 13.3. The van der Waals surface area contributed by atoms with Crippen molar-refractivity contribution >= 4 is 17.7 Å². The molecular formula is C19H18F3N3O3S. The van der Waals surface area contributed by atoms with E-state index in [0.29, 0.717) is 48.7 Å². The Kier molecular flexibility index (Phi) is 5.23. The van der Waals surface area contributed by atoms with E-state index in [2.05, 4.69) is 10.2 Å². The van der Waals surface area contributed by atoms with Crippen molar-refractivity contribution in [3.8, 4) is 11.8 Å². The molecule has 0 atom stereocenters. The molecule has 29 heavy (non-hydrogen) atoms. The number of nitrogens with zero attached hydrogens (tertiary/aromatic N) is 2. The highest BCUT2D eigenvalue weighted by atomic mass is 32.2. The molecule has 0 aromatic heterocycles. The smallest absolute Gasteiger partial charge is 0.406 e.